The number of alkyl halides is 1. The minimum atomic E-state index is -0.514. The predicted molar refractivity (Wildman–Crippen MR) is 80.6 cm³/mol. The Morgan fingerprint density at radius 3 is 2.58 bits per heavy atom. The van der Waals surface area contributed by atoms with Crippen molar-refractivity contribution in [3.05, 3.63) is 69.2 Å². The van der Waals surface area contributed by atoms with Crippen molar-refractivity contribution in [1.29, 1.82) is 0 Å². The van der Waals surface area contributed by atoms with E-state index in [0.29, 0.717) is 12.0 Å². The normalized spacial score (nSPS) is 12.5. The fourth-order valence-electron chi connectivity index (χ4n) is 1.94. The van der Waals surface area contributed by atoms with Crippen LogP contribution in [-0.2, 0) is 6.42 Å². The lowest BCUT2D eigenvalue weighted by molar-refractivity contribution is 0.548. The van der Waals surface area contributed by atoms with Gasteiger partial charge in [-0.1, -0.05) is 50.1 Å². The van der Waals surface area contributed by atoms with E-state index in [9.17, 15) is 8.78 Å². The second-order valence-electron chi connectivity index (χ2n) is 4.39. The molecule has 0 amide bonds. The predicted octanol–water partition coefficient (Wildman–Crippen LogP) is 5.71. The van der Waals surface area contributed by atoms with E-state index in [0.717, 1.165) is 10.0 Å². The van der Waals surface area contributed by atoms with Gasteiger partial charge in [-0.25, -0.2) is 8.78 Å². The minimum Gasteiger partial charge on any atom is -0.207 e. The summed E-state index contributed by atoms with van der Waals surface area (Å²) < 4.78 is 28.8. The molecule has 1 atom stereocenters. The Labute approximate surface area is 128 Å². The van der Waals surface area contributed by atoms with E-state index in [2.05, 4.69) is 31.9 Å². The highest BCUT2D eigenvalue weighted by atomic mass is 79.9. The summed E-state index contributed by atoms with van der Waals surface area (Å²) in [7, 11) is 0. The summed E-state index contributed by atoms with van der Waals surface area (Å²) in [6.45, 7) is 1.64. The minimum absolute atomic E-state index is 0.0972. The number of rotatable bonds is 3. The van der Waals surface area contributed by atoms with Crippen molar-refractivity contribution >= 4 is 31.9 Å². The van der Waals surface area contributed by atoms with Crippen molar-refractivity contribution in [2.45, 2.75) is 18.2 Å². The quantitative estimate of drug-likeness (QED) is 0.589. The van der Waals surface area contributed by atoms with Crippen LogP contribution in [0.15, 0.2) is 40.9 Å². The Morgan fingerprint density at radius 2 is 1.89 bits per heavy atom. The van der Waals surface area contributed by atoms with Crippen LogP contribution in [0.1, 0.15) is 21.5 Å². The zero-order valence-corrected chi connectivity index (χ0v) is 13.4. The van der Waals surface area contributed by atoms with Crippen LogP contribution < -0.4 is 0 Å². The molecule has 19 heavy (non-hydrogen) atoms. The molecule has 1 unspecified atom stereocenters. The van der Waals surface area contributed by atoms with Gasteiger partial charge in [0.05, 0.1) is 0 Å². The lowest BCUT2D eigenvalue weighted by Crippen LogP contribution is -2.04. The van der Waals surface area contributed by atoms with Crippen LogP contribution in [0, 0.1) is 18.6 Å². The molecule has 0 bridgehead atoms. The van der Waals surface area contributed by atoms with Crippen LogP contribution in [0.3, 0.4) is 0 Å². The zero-order valence-electron chi connectivity index (χ0n) is 10.3. The molecule has 0 saturated carbocycles. The summed E-state index contributed by atoms with van der Waals surface area (Å²) in [5, 5.41) is 0. The third-order valence-electron chi connectivity index (χ3n) is 2.94. The molecule has 4 heteroatoms. The number of benzene rings is 2. The molecule has 100 valence electrons. The molecule has 0 fully saturated rings. The molecule has 0 spiro atoms. The number of hydrogen-bond acceptors (Lipinski definition) is 0. The van der Waals surface area contributed by atoms with Gasteiger partial charge in [0, 0.05) is 14.9 Å². The van der Waals surface area contributed by atoms with Crippen molar-refractivity contribution in [1.82, 2.24) is 0 Å². The Balaban J connectivity index is 2.30. The molecule has 0 aliphatic rings. The molecule has 0 radical (unpaired) electrons. The van der Waals surface area contributed by atoms with Gasteiger partial charge in [0.15, 0.2) is 0 Å². The SMILES string of the molecule is Cc1ccc(F)c(C(Br)Cc2cccc(Br)c2)c1F. The van der Waals surface area contributed by atoms with E-state index in [-0.39, 0.29) is 10.4 Å². The van der Waals surface area contributed by atoms with Gasteiger partial charge in [0.1, 0.15) is 11.6 Å². The maximum absolute atomic E-state index is 14.0. The molecular weight excluding hydrogens is 378 g/mol. The highest BCUT2D eigenvalue weighted by Gasteiger charge is 2.19. The van der Waals surface area contributed by atoms with Crippen molar-refractivity contribution in [3.8, 4) is 0 Å². The van der Waals surface area contributed by atoms with Crippen molar-refractivity contribution in [2.75, 3.05) is 0 Å². The topological polar surface area (TPSA) is 0 Å². The molecule has 0 N–H and O–H groups in total. The molecule has 0 aromatic heterocycles. The average Bonchev–Trinajstić information content (AvgIpc) is 2.34. The Kier molecular flexibility index (Phi) is 4.74. The summed E-state index contributed by atoms with van der Waals surface area (Å²) in [4.78, 5) is -0.387. The fourth-order valence-corrected chi connectivity index (χ4v) is 3.18. The highest BCUT2D eigenvalue weighted by Crippen LogP contribution is 2.32. The summed E-state index contributed by atoms with van der Waals surface area (Å²) in [5.41, 5.74) is 1.56. The first-order valence-corrected chi connectivity index (χ1v) is 7.53. The first kappa shape index (κ1) is 14.7. The first-order valence-electron chi connectivity index (χ1n) is 5.82. The van der Waals surface area contributed by atoms with E-state index < -0.39 is 11.6 Å². The van der Waals surface area contributed by atoms with Crippen LogP contribution >= 0.6 is 31.9 Å². The monoisotopic (exact) mass is 388 g/mol. The molecular formula is C15H12Br2F2. The first-order chi connectivity index (χ1) is 8.99. The van der Waals surface area contributed by atoms with Gasteiger partial charge in [-0.05, 0) is 42.7 Å². The van der Waals surface area contributed by atoms with Gasteiger partial charge in [-0.3, -0.25) is 0 Å². The van der Waals surface area contributed by atoms with Crippen molar-refractivity contribution in [3.63, 3.8) is 0 Å². The molecule has 2 aromatic carbocycles. The van der Waals surface area contributed by atoms with E-state index in [1.807, 2.05) is 24.3 Å². The summed E-state index contributed by atoms with van der Waals surface area (Å²) in [6, 6.07) is 10.5. The maximum Gasteiger partial charge on any atom is 0.133 e. The smallest absolute Gasteiger partial charge is 0.133 e. The standard InChI is InChI=1S/C15H12Br2F2/c1-9-5-6-13(18)14(15(9)19)12(17)8-10-3-2-4-11(16)7-10/h2-7,12H,8H2,1H3. The van der Waals surface area contributed by atoms with Crippen LogP contribution in [0.25, 0.3) is 0 Å². The fraction of sp³-hybridized carbons (Fsp3) is 0.200. The maximum atomic E-state index is 14.0. The molecule has 0 nitrogen and oxygen atoms in total. The second kappa shape index (κ2) is 6.14. The zero-order chi connectivity index (χ0) is 14.0. The lowest BCUT2D eigenvalue weighted by Gasteiger charge is -2.14. The van der Waals surface area contributed by atoms with Crippen molar-refractivity contribution in [2.24, 2.45) is 0 Å². The largest absolute Gasteiger partial charge is 0.207 e. The highest BCUT2D eigenvalue weighted by molar-refractivity contribution is 9.10. The molecule has 2 rings (SSSR count). The Morgan fingerprint density at radius 1 is 1.16 bits per heavy atom. The van der Waals surface area contributed by atoms with Crippen LogP contribution in [0.4, 0.5) is 8.78 Å². The number of halogens is 4. The molecule has 0 saturated heterocycles. The number of hydrogen-bond donors (Lipinski definition) is 0. The average molecular weight is 390 g/mol. The Bertz CT molecular complexity index is 597. The van der Waals surface area contributed by atoms with Gasteiger partial charge >= 0.3 is 0 Å². The summed E-state index contributed by atoms with van der Waals surface area (Å²) in [5.74, 6) is -0.989. The van der Waals surface area contributed by atoms with E-state index >= 15 is 0 Å². The lowest BCUT2D eigenvalue weighted by atomic mass is 10.0. The summed E-state index contributed by atoms with van der Waals surface area (Å²) in [6.07, 6.45) is 0.525. The molecule has 0 aliphatic heterocycles. The van der Waals surface area contributed by atoms with E-state index in [1.165, 1.54) is 12.1 Å². The van der Waals surface area contributed by atoms with Crippen LogP contribution in [0.2, 0.25) is 0 Å². The van der Waals surface area contributed by atoms with Gasteiger partial charge in [0.2, 0.25) is 0 Å². The molecule has 2 aromatic rings. The third kappa shape index (κ3) is 3.42. The van der Waals surface area contributed by atoms with E-state index in [4.69, 9.17) is 0 Å². The molecule has 0 aliphatic carbocycles. The van der Waals surface area contributed by atoms with E-state index in [1.54, 1.807) is 6.92 Å². The molecule has 0 heterocycles. The van der Waals surface area contributed by atoms with Gasteiger partial charge in [-0.15, -0.1) is 0 Å². The second-order valence-corrected chi connectivity index (χ2v) is 6.41. The third-order valence-corrected chi connectivity index (χ3v) is 4.21. The van der Waals surface area contributed by atoms with Crippen LogP contribution in [-0.4, -0.2) is 0 Å². The van der Waals surface area contributed by atoms with Gasteiger partial charge < -0.3 is 0 Å². The van der Waals surface area contributed by atoms with Crippen molar-refractivity contribution < 1.29 is 8.78 Å². The van der Waals surface area contributed by atoms with Gasteiger partial charge in [-0.2, -0.15) is 0 Å². The van der Waals surface area contributed by atoms with Crippen LogP contribution in [0.5, 0.6) is 0 Å². The van der Waals surface area contributed by atoms with Gasteiger partial charge in [0.25, 0.3) is 0 Å². The number of aryl methyl sites for hydroxylation is 1. The summed E-state index contributed by atoms with van der Waals surface area (Å²) >= 11 is 6.77. The Hall–Kier alpha value is -0.740.